The summed E-state index contributed by atoms with van der Waals surface area (Å²) >= 11 is 0. The van der Waals surface area contributed by atoms with Gasteiger partial charge < -0.3 is 10.2 Å². The molecule has 1 heterocycles. The Balaban J connectivity index is 0.000000187. The quantitative estimate of drug-likeness (QED) is 0.569. The molecule has 0 aromatic rings. The van der Waals surface area contributed by atoms with Crippen molar-refractivity contribution >= 4 is 11.9 Å². The van der Waals surface area contributed by atoms with Crippen molar-refractivity contribution in [2.24, 2.45) is 0 Å². The summed E-state index contributed by atoms with van der Waals surface area (Å²) in [7, 11) is 0. The van der Waals surface area contributed by atoms with Crippen LogP contribution in [0.15, 0.2) is 12.2 Å². The number of rotatable bonds is 2. The molecule has 0 bridgehead atoms. The summed E-state index contributed by atoms with van der Waals surface area (Å²) in [6.45, 7) is 0.618. The monoisotopic (exact) mass is 260 g/mol. The molecule has 2 fully saturated rings. The molecule has 0 unspecified atom stereocenters. The third kappa shape index (κ3) is 5.26. The summed E-state index contributed by atoms with van der Waals surface area (Å²) in [5.41, 5.74) is -0.0712. The second-order valence-electron chi connectivity index (χ2n) is 4.17. The Bertz CT molecular complexity index is 293. The molecule has 1 spiro atoms. The van der Waals surface area contributed by atoms with Crippen LogP contribution in [0.1, 0.15) is 32.1 Å². The van der Waals surface area contributed by atoms with E-state index in [1.807, 2.05) is 0 Å². The zero-order chi connectivity index (χ0) is 13.4. The van der Waals surface area contributed by atoms with Gasteiger partial charge in [0, 0.05) is 12.2 Å². The van der Waals surface area contributed by atoms with Crippen molar-refractivity contribution in [2.75, 3.05) is 6.61 Å². The summed E-state index contributed by atoms with van der Waals surface area (Å²) < 4.78 is 0. The van der Waals surface area contributed by atoms with Gasteiger partial charge in [0.05, 0.1) is 0 Å². The molecule has 1 aliphatic carbocycles. The maximum absolute atomic E-state index is 9.55. The molecule has 0 atom stereocenters. The van der Waals surface area contributed by atoms with E-state index in [0.29, 0.717) is 18.8 Å². The minimum Gasteiger partial charge on any atom is -0.478 e. The zero-order valence-corrected chi connectivity index (χ0v) is 9.83. The van der Waals surface area contributed by atoms with E-state index >= 15 is 0 Å². The summed E-state index contributed by atoms with van der Waals surface area (Å²) in [6.07, 6.45) is 7.11. The molecule has 2 rings (SSSR count). The van der Waals surface area contributed by atoms with E-state index in [0.717, 1.165) is 12.8 Å². The molecule has 1 saturated heterocycles. The Morgan fingerprint density at radius 1 is 1.00 bits per heavy atom. The number of carboxylic acid groups (broad SMARTS) is 2. The second kappa shape index (κ2) is 7.10. The van der Waals surface area contributed by atoms with Gasteiger partial charge in [-0.15, -0.1) is 0 Å². The molecule has 2 aliphatic rings. The van der Waals surface area contributed by atoms with E-state index < -0.39 is 11.9 Å². The largest absolute Gasteiger partial charge is 0.478 e. The SMILES string of the molecule is C1CCC2(CC1)COOO2.O=C(O)/C=C\C(=O)O. The number of carbonyl (C=O) groups is 2. The molecule has 0 radical (unpaired) electrons. The predicted octanol–water partition coefficient (Wildman–Crippen LogP) is 1.29. The van der Waals surface area contributed by atoms with Crippen LogP contribution in [0, 0.1) is 0 Å². The number of aliphatic carboxylic acids is 2. The first-order chi connectivity index (χ1) is 8.54. The van der Waals surface area contributed by atoms with Gasteiger partial charge in [-0.3, -0.25) is 0 Å². The van der Waals surface area contributed by atoms with Gasteiger partial charge in [0.15, 0.2) is 0 Å². The highest BCUT2D eigenvalue weighted by molar-refractivity contribution is 5.89. The predicted molar refractivity (Wildman–Crippen MR) is 58.3 cm³/mol. The molecular weight excluding hydrogens is 244 g/mol. The van der Waals surface area contributed by atoms with E-state index in [1.54, 1.807) is 0 Å². The molecule has 2 N–H and O–H groups in total. The van der Waals surface area contributed by atoms with E-state index in [-0.39, 0.29) is 5.60 Å². The summed E-state index contributed by atoms with van der Waals surface area (Å²) in [5, 5.41) is 20.1. The van der Waals surface area contributed by atoms with Crippen LogP contribution in [-0.4, -0.2) is 34.4 Å². The molecular formula is C11H16O7. The fourth-order valence-corrected chi connectivity index (χ4v) is 1.82. The molecule has 1 aliphatic heterocycles. The van der Waals surface area contributed by atoms with Crippen LogP contribution in [-0.2, 0) is 24.4 Å². The Labute approximate surface area is 104 Å². The van der Waals surface area contributed by atoms with Crippen molar-refractivity contribution in [3.63, 3.8) is 0 Å². The Hall–Kier alpha value is -1.44. The first-order valence-corrected chi connectivity index (χ1v) is 5.65. The minimum absolute atomic E-state index is 0.0712. The van der Waals surface area contributed by atoms with Crippen LogP contribution in [0.2, 0.25) is 0 Å². The van der Waals surface area contributed by atoms with Crippen LogP contribution in [0.5, 0.6) is 0 Å². The van der Waals surface area contributed by atoms with Crippen molar-refractivity contribution in [1.29, 1.82) is 0 Å². The lowest BCUT2D eigenvalue weighted by Gasteiger charge is -2.27. The minimum atomic E-state index is -1.26. The molecule has 1 saturated carbocycles. The van der Waals surface area contributed by atoms with Gasteiger partial charge in [-0.2, -0.15) is 4.89 Å². The van der Waals surface area contributed by atoms with Crippen LogP contribution in [0.4, 0.5) is 0 Å². The highest BCUT2D eigenvalue weighted by Crippen LogP contribution is 2.35. The lowest BCUT2D eigenvalue weighted by atomic mass is 9.86. The van der Waals surface area contributed by atoms with Crippen molar-refractivity contribution in [1.82, 2.24) is 0 Å². The molecule has 0 amide bonds. The first-order valence-electron chi connectivity index (χ1n) is 5.65. The smallest absolute Gasteiger partial charge is 0.328 e. The van der Waals surface area contributed by atoms with Gasteiger partial charge in [-0.1, -0.05) is 24.3 Å². The van der Waals surface area contributed by atoms with Gasteiger partial charge >= 0.3 is 11.9 Å². The zero-order valence-electron chi connectivity index (χ0n) is 9.83. The van der Waals surface area contributed by atoms with Crippen molar-refractivity contribution in [2.45, 2.75) is 37.7 Å². The maximum atomic E-state index is 9.55. The lowest BCUT2D eigenvalue weighted by molar-refractivity contribution is -0.471. The fourth-order valence-electron chi connectivity index (χ4n) is 1.82. The van der Waals surface area contributed by atoms with Crippen LogP contribution < -0.4 is 0 Å². The van der Waals surface area contributed by atoms with E-state index in [1.165, 1.54) is 19.3 Å². The second-order valence-corrected chi connectivity index (χ2v) is 4.17. The van der Waals surface area contributed by atoms with Crippen molar-refractivity contribution in [3.05, 3.63) is 12.2 Å². The Morgan fingerprint density at radius 3 is 1.94 bits per heavy atom. The lowest BCUT2D eigenvalue weighted by Crippen LogP contribution is -2.33. The van der Waals surface area contributed by atoms with Gasteiger partial charge in [-0.05, 0) is 12.8 Å². The number of hydrogen-bond acceptors (Lipinski definition) is 5. The van der Waals surface area contributed by atoms with Gasteiger partial charge in [0.25, 0.3) is 0 Å². The molecule has 7 heteroatoms. The summed E-state index contributed by atoms with van der Waals surface area (Å²) in [5.74, 6) is -2.51. The average Bonchev–Trinajstić information content (AvgIpc) is 2.77. The molecule has 102 valence electrons. The highest BCUT2D eigenvalue weighted by atomic mass is 17.5. The standard InChI is InChI=1S/C7H12O3.C4H4O4/c1-2-4-7(5-3-1)6-8-10-9-7;5-3(6)1-2-4(7)8/h1-6H2;1-2H,(H,5,6)(H,7,8)/b;2-1-. The molecule has 18 heavy (non-hydrogen) atoms. The first kappa shape index (κ1) is 14.6. The third-order valence-corrected chi connectivity index (χ3v) is 2.71. The van der Waals surface area contributed by atoms with Gasteiger partial charge in [0.1, 0.15) is 12.2 Å². The van der Waals surface area contributed by atoms with Crippen LogP contribution >= 0.6 is 0 Å². The topological polar surface area (TPSA) is 102 Å². The highest BCUT2D eigenvalue weighted by Gasteiger charge is 2.39. The van der Waals surface area contributed by atoms with Crippen molar-refractivity contribution < 1.29 is 34.6 Å². The Kier molecular flexibility index (Phi) is 5.76. The number of hydrogen-bond donors (Lipinski definition) is 2. The molecule has 0 aromatic heterocycles. The maximum Gasteiger partial charge on any atom is 0.328 e. The van der Waals surface area contributed by atoms with Crippen molar-refractivity contribution in [3.8, 4) is 0 Å². The Morgan fingerprint density at radius 2 is 1.56 bits per heavy atom. The van der Waals surface area contributed by atoms with Crippen LogP contribution in [0.3, 0.4) is 0 Å². The van der Waals surface area contributed by atoms with E-state index in [4.69, 9.17) is 20.0 Å². The van der Waals surface area contributed by atoms with Gasteiger partial charge in [0.2, 0.25) is 0 Å². The van der Waals surface area contributed by atoms with E-state index in [9.17, 15) is 9.59 Å². The summed E-state index contributed by atoms with van der Waals surface area (Å²) in [4.78, 5) is 28.9. The fraction of sp³-hybridized carbons (Fsp3) is 0.636. The molecule has 7 nitrogen and oxygen atoms in total. The normalized spacial score (nSPS) is 21.6. The van der Waals surface area contributed by atoms with Gasteiger partial charge in [-0.25, -0.2) is 14.5 Å². The average molecular weight is 260 g/mol. The van der Waals surface area contributed by atoms with E-state index in [2.05, 4.69) is 5.04 Å². The van der Waals surface area contributed by atoms with Crippen LogP contribution in [0.25, 0.3) is 0 Å². The number of carboxylic acids is 2. The summed E-state index contributed by atoms with van der Waals surface area (Å²) in [6, 6.07) is 0. The third-order valence-electron chi connectivity index (χ3n) is 2.71. The molecule has 0 aromatic carbocycles.